The van der Waals surface area contributed by atoms with E-state index in [0.29, 0.717) is 17.0 Å². The molecule has 128 valence electrons. The van der Waals surface area contributed by atoms with Gasteiger partial charge >= 0.3 is 6.61 Å². The molecule has 0 heterocycles. The molecule has 0 saturated heterocycles. The van der Waals surface area contributed by atoms with Crippen LogP contribution in [0.3, 0.4) is 0 Å². The van der Waals surface area contributed by atoms with Crippen molar-refractivity contribution in [2.45, 2.75) is 13.0 Å². The Morgan fingerprint density at radius 1 is 1.17 bits per heavy atom. The van der Waals surface area contributed by atoms with E-state index in [4.69, 9.17) is 16.3 Å². The zero-order valence-corrected chi connectivity index (χ0v) is 13.8. The molecule has 0 fully saturated rings. The summed E-state index contributed by atoms with van der Waals surface area (Å²) in [5.74, 6) is -0.664. The largest absolute Gasteiger partial charge is 0.435 e. The summed E-state index contributed by atoms with van der Waals surface area (Å²) in [5.41, 5.74) is 1.25. The topological polar surface area (TPSA) is 35.5 Å². The SMILES string of the molecule is COCC(Cc1ccc(Cl)cc1)C(=O)c1cccc(OC(F)F)c1. The summed E-state index contributed by atoms with van der Waals surface area (Å²) < 4.78 is 34.1. The lowest BCUT2D eigenvalue weighted by Gasteiger charge is -2.16. The maximum absolute atomic E-state index is 12.7. The van der Waals surface area contributed by atoms with Crippen molar-refractivity contribution in [2.75, 3.05) is 13.7 Å². The van der Waals surface area contributed by atoms with Gasteiger partial charge in [0.25, 0.3) is 0 Å². The minimum Gasteiger partial charge on any atom is -0.435 e. The Morgan fingerprint density at radius 3 is 2.50 bits per heavy atom. The molecule has 0 N–H and O–H groups in total. The molecule has 1 unspecified atom stereocenters. The summed E-state index contributed by atoms with van der Waals surface area (Å²) in [6, 6.07) is 13.0. The van der Waals surface area contributed by atoms with E-state index in [1.54, 1.807) is 18.2 Å². The third-order valence-electron chi connectivity index (χ3n) is 3.48. The van der Waals surface area contributed by atoms with Gasteiger partial charge < -0.3 is 9.47 Å². The van der Waals surface area contributed by atoms with Crippen molar-refractivity contribution in [1.29, 1.82) is 0 Å². The predicted molar refractivity (Wildman–Crippen MR) is 87.9 cm³/mol. The highest BCUT2D eigenvalue weighted by Crippen LogP contribution is 2.21. The normalized spacial score (nSPS) is 12.2. The zero-order chi connectivity index (χ0) is 17.5. The fraction of sp³-hybridized carbons (Fsp3) is 0.278. The third-order valence-corrected chi connectivity index (χ3v) is 3.73. The van der Waals surface area contributed by atoms with Crippen LogP contribution in [0.5, 0.6) is 5.75 Å². The van der Waals surface area contributed by atoms with Crippen LogP contribution in [0.25, 0.3) is 0 Å². The summed E-state index contributed by atoms with van der Waals surface area (Å²) in [6.45, 7) is -2.71. The fourth-order valence-electron chi connectivity index (χ4n) is 2.39. The second-order valence-electron chi connectivity index (χ2n) is 5.25. The Hall–Kier alpha value is -1.98. The molecular formula is C18H17ClF2O3. The maximum Gasteiger partial charge on any atom is 0.387 e. The number of ether oxygens (including phenoxy) is 2. The van der Waals surface area contributed by atoms with E-state index in [-0.39, 0.29) is 18.1 Å². The first-order valence-corrected chi connectivity index (χ1v) is 7.70. The van der Waals surface area contributed by atoms with Gasteiger partial charge in [-0.2, -0.15) is 8.78 Å². The number of ketones is 1. The van der Waals surface area contributed by atoms with Crippen LogP contribution in [0, 0.1) is 5.92 Å². The predicted octanol–water partition coefficient (Wildman–Crippen LogP) is 4.63. The van der Waals surface area contributed by atoms with Crippen LogP contribution in [0.2, 0.25) is 5.02 Å². The molecule has 0 bridgehead atoms. The molecule has 3 nitrogen and oxygen atoms in total. The highest BCUT2D eigenvalue weighted by molar-refractivity contribution is 6.30. The number of benzene rings is 2. The molecule has 2 rings (SSSR count). The Kier molecular flexibility index (Phi) is 6.70. The van der Waals surface area contributed by atoms with Gasteiger partial charge in [0.2, 0.25) is 0 Å². The van der Waals surface area contributed by atoms with Crippen LogP contribution in [-0.4, -0.2) is 26.1 Å². The van der Waals surface area contributed by atoms with Crippen LogP contribution in [0.15, 0.2) is 48.5 Å². The monoisotopic (exact) mass is 354 g/mol. The third kappa shape index (κ3) is 5.28. The lowest BCUT2D eigenvalue weighted by Crippen LogP contribution is -2.22. The molecule has 0 spiro atoms. The van der Waals surface area contributed by atoms with Crippen molar-refractivity contribution in [2.24, 2.45) is 5.92 Å². The van der Waals surface area contributed by atoms with Crippen molar-refractivity contribution in [3.8, 4) is 5.75 Å². The molecule has 0 amide bonds. The fourth-order valence-corrected chi connectivity index (χ4v) is 2.52. The van der Waals surface area contributed by atoms with Gasteiger partial charge in [0.1, 0.15) is 5.75 Å². The number of Topliss-reactive ketones (excluding diaryl/α,β-unsaturated/α-hetero) is 1. The molecule has 2 aromatic carbocycles. The molecular weight excluding hydrogens is 338 g/mol. The first-order chi connectivity index (χ1) is 11.5. The molecule has 6 heteroatoms. The summed E-state index contributed by atoms with van der Waals surface area (Å²) in [5, 5.41) is 0.616. The van der Waals surface area contributed by atoms with E-state index in [1.807, 2.05) is 12.1 Å². The van der Waals surface area contributed by atoms with Gasteiger partial charge in [0.15, 0.2) is 5.78 Å². The zero-order valence-electron chi connectivity index (χ0n) is 13.0. The summed E-state index contributed by atoms with van der Waals surface area (Å²) in [7, 11) is 1.51. The molecule has 0 aliphatic rings. The Bertz CT molecular complexity index is 674. The Balaban J connectivity index is 2.17. The van der Waals surface area contributed by atoms with Crippen LogP contribution >= 0.6 is 11.6 Å². The van der Waals surface area contributed by atoms with Crippen LogP contribution in [0.4, 0.5) is 8.78 Å². The molecule has 0 radical (unpaired) electrons. The molecule has 0 aromatic heterocycles. The number of hydrogen-bond acceptors (Lipinski definition) is 3. The number of alkyl halides is 2. The second kappa shape index (κ2) is 8.76. The van der Waals surface area contributed by atoms with Gasteiger partial charge in [-0.05, 0) is 36.2 Å². The molecule has 0 aliphatic heterocycles. The van der Waals surface area contributed by atoms with Gasteiger partial charge in [-0.25, -0.2) is 0 Å². The van der Waals surface area contributed by atoms with E-state index in [1.165, 1.54) is 25.3 Å². The average Bonchev–Trinajstić information content (AvgIpc) is 2.55. The van der Waals surface area contributed by atoms with Gasteiger partial charge in [0.05, 0.1) is 6.61 Å². The van der Waals surface area contributed by atoms with E-state index in [2.05, 4.69) is 4.74 Å². The van der Waals surface area contributed by atoms with Crippen LogP contribution in [0.1, 0.15) is 15.9 Å². The summed E-state index contributed by atoms with van der Waals surface area (Å²) in [6.07, 6.45) is 0.462. The van der Waals surface area contributed by atoms with Crippen molar-refractivity contribution >= 4 is 17.4 Å². The maximum atomic E-state index is 12.7. The summed E-state index contributed by atoms with van der Waals surface area (Å²) in [4.78, 5) is 12.7. The molecule has 0 aliphatic carbocycles. The average molecular weight is 355 g/mol. The van der Waals surface area contributed by atoms with Gasteiger partial charge in [-0.3, -0.25) is 4.79 Å². The highest BCUT2D eigenvalue weighted by atomic mass is 35.5. The molecule has 0 saturated carbocycles. The summed E-state index contributed by atoms with van der Waals surface area (Å²) >= 11 is 5.86. The van der Waals surface area contributed by atoms with Gasteiger partial charge in [0, 0.05) is 23.6 Å². The van der Waals surface area contributed by atoms with Crippen LogP contribution < -0.4 is 4.74 Å². The second-order valence-corrected chi connectivity index (χ2v) is 5.69. The van der Waals surface area contributed by atoms with Crippen molar-refractivity contribution in [3.63, 3.8) is 0 Å². The first-order valence-electron chi connectivity index (χ1n) is 7.32. The number of carbonyl (C=O) groups excluding carboxylic acids is 1. The van der Waals surface area contributed by atoms with Crippen molar-refractivity contribution in [1.82, 2.24) is 0 Å². The van der Waals surface area contributed by atoms with Crippen molar-refractivity contribution in [3.05, 3.63) is 64.7 Å². The van der Waals surface area contributed by atoms with E-state index in [9.17, 15) is 13.6 Å². The van der Waals surface area contributed by atoms with E-state index < -0.39 is 12.5 Å². The van der Waals surface area contributed by atoms with Gasteiger partial charge in [-0.1, -0.05) is 35.9 Å². The van der Waals surface area contributed by atoms with E-state index >= 15 is 0 Å². The smallest absolute Gasteiger partial charge is 0.387 e. The van der Waals surface area contributed by atoms with Crippen LogP contribution in [-0.2, 0) is 11.2 Å². The van der Waals surface area contributed by atoms with Crippen molar-refractivity contribution < 1.29 is 23.0 Å². The molecule has 24 heavy (non-hydrogen) atoms. The first kappa shape index (κ1) is 18.4. The molecule has 2 aromatic rings. The number of hydrogen-bond donors (Lipinski definition) is 0. The standard InChI is InChI=1S/C18H17ClF2O3/c1-23-11-14(9-12-5-7-15(19)8-6-12)17(22)13-3-2-4-16(10-13)24-18(20)21/h2-8,10,14,18H,9,11H2,1H3. The quantitative estimate of drug-likeness (QED) is 0.648. The number of rotatable bonds is 8. The Labute approximate surface area is 144 Å². The van der Waals surface area contributed by atoms with E-state index in [0.717, 1.165) is 5.56 Å². The lowest BCUT2D eigenvalue weighted by molar-refractivity contribution is -0.0498. The number of carbonyl (C=O) groups is 1. The Morgan fingerprint density at radius 2 is 1.88 bits per heavy atom. The lowest BCUT2D eigenvalue weighted by atomic mass is 9.92. The van der Waals surface area contributed by atoms with Gasteiger partial charge in [-0.15, -0.1) is 0 Å². The highest BCUT2D eigenvalue weighted by Gasteiger charge is 2.21. The minimum absolute atomic E-state index is 0.0430. The number of methoxy groups -OCH3 is 1. The molecule has 1 atom stereocenters. The minimum atomic E-state index is -2.93. The number of halogens is 3.